The van der Waals surface area contributed by atoms with Crippen LogP contribution in [0.1, 0.15) is 24.8 Å². The van der Waals surface area contributed by atoms with E-state index in [0.717, 1.165) is 30.6 Å². The van der Waals surface area contributed by atoms with Crippen molar-refractivity contribution in [2.75, 3.05) is 19.6 Å². The van der Waals surface area contributed by atoms with Gasteiger partial charge in [0.15, 0.2) is 0 Å². The van der Waals surface area contributed by atoms with E-state index in [1.807, 2.05) is 22.9 Å². The van der Waals surface area contributed by atoms with Crippen molar-refractivity contribution < 1.29 is 0 Å². The first-order chi connectivity index (χ1) is 12.1. The fraction of sp³-hybridized carbons (Fsp3) is 0.421. The number of thiophene rings is 1. The number of fused-ring (bicyclic) bond motifs is 1. The molecule has 0 fully saturated rings. The van der Waals surface area contributed by atoms with E-state index in [1.54, 1.807) is 11.3 Å². The quantitative estimate of drug-likeness (QED) is 0.846. The van der Waals surface area contributed by atoms with Crippen LogP contribution in [0.15, 0.2) is 39.7 Å². The van der Waals surface area contributed by atoms with Crippen LogP contribution in [0.4, 0.5) is 0 Å². The summed E-state index contributed by atoms with van der Waals surface area (Å²) in [5.74, 6) is -0.284. The summed E-state index contributed by atoms with van der Waals surface area (Å²) in [5.41, 5.74) is 6.98. The number of nitrogens with two attached hydrogens (primary N) is 1. The molecule has 0 amide bonds. The first-order valence-corrected chi connectivity index (χ1v) is 9.24. The van der Waals surface area contributed by atoms with Crippen LogP contribution in [0.5, 0.6) is 0 Å². The highest BCUT2D eigenvalue weighted by Gasteiger charge is 2.52. The van der Waals surface area contributed by atoms with Gasteiger partial charge in [0.2, 0.25) is 5.41 Å². The molecule has 0 radical (unpaired) electrons. The number of rotatable bonds is 3. The molecular weight excluding hydrogens is 330 g/mol. The second-order valence-electron chi connectivity index (χ2n) is 6.47. The molecule has 0 spiro atoms. The molecule has 1 aliphatic heterocycles. The fourth-order valence-electron chi connectivity index (χ4n) is 4.03. The molecule has 1 aliphatic carbocycles. The minimum Gasteiger partial charge on any atom is -0.399 e. The van der Waals surface area contributed by atoms with Crippen molar-refractivity contribution in [3.05, 3.63) is 45.3 Å². The van der Waals surface area contributed by atoms with Crippen molar-refractivity contribution in [1.82, 2.24) is 4.90 Å². The van der Waals surface area contributed by atoms with Gasteiger partial charge in [0, 0.05) is 24.9 Å². The van der Waals surface area contributed by atoms with Crippen molar-refractivity contribution in [1.29, 1.82) is 15.8 Å². The minimum atomic E-state index is -1.53. The van der Waals surface area contributed by atoms with Gasteiger partial charge in [-0.2, -0.15) is 27.1 Å². The topological polar surface area (TPSA) is 101 Å². The lowest BCUT2D eigenvalue weighted by Gasteiger charge is -2.44. The Balaban J connectivity index is 2.23. The average molecular weight is 349 g/mol. The first kappa shape index (κ1) is 17.2. The van der Waals surface area contributed by atoms with Gasteiger partial charge in [0.25, 0.3) is 0 Å². The van der Waals surface area contributed by atoms with Crippen LogP contribution < -0.4 is 5.73 Å². The van der Waals surface area contributed by atoms with E-state index in [1.165, 1.54) is 0 Å². The van der Waals surface area contributed by atoms with E-state index in [0.29, 0.717) is 12.1 Å². The van der Waals surface area contributed by atoms with Crippen molar-refractivity contribution in [2.45, 2.75) is 19.3 Å². The SMILES string of the molecule is CCCN1CC=C2[C@@H](C1)[C@@H](c1ccsc1)C(C#N)=C(N)C2(C#N)C#N. The van der Waals surface area contributed by atoms with Crippen LogP contribution in [0.3, 0.4) is 0 Å². The van der Waals surface area contributed by atoms with E-state index in [4.69, 9.17) is 5.73 Å². The molecule has 5 nitrogen and oxygen atoms in total. The second-order valence-corrected chi connectivity index (χ2v) is 7.25. The van der Waals surface area contributed by atoms with Crippen LogP contribution in [-0.4, -0.2) is 24.5 Å². The predicted octanol–water partition coefficient (Wildman–Crippen LogP) is 2.88. The molecule has 3 rings (SSSR count). The Morgan fingerprint density at radius 3 is 2.68 bits per heavy atom. The number of hydrogen-bond acceptors (Lipinski definition) is 6. The van der Waals surface area contributed by atoms with Gasteiger partial charge in [0.1, 0.15) is 0 Å². The molecule has 0 unspecified atom stereocenters. The highest BCUT2D eigenvalue weighted by atomic mass is 32.1. The van der Waals surface area contributed by atoms with E-state index in [-0.39, 0.29) is 17.5 Å². The fourth-order valence-corrected chi connectivity index (χ4v) is 4.72. The summed E-state index contributed by atoms with van der Waals surface area (Å²) in [6.07, 6.45) is 3.01. The number of hydrogen-bond donors (Lipinski definition) is 1. The average Bonchev–Trinajstić information content (AvgIpc) is 3.16. The summed E-state index contributed by atoms with van der Waals surface area (Å²) in [4.78, 5) is 2.31. The van der Waals surface area contributed by atoms with Gasteiger partial charge in [-0.25, -0.2) is 0 Å². The van der Waals surface area contributed by atoms with E-state index >= 15 is 0 Å². The molecule has 0 bridgehead atoms. The molecule has 0 saturated heterocycles. The molecule has 1 aromatic rings. The Bertz CT molecular complexity index is 830. The lowest BCUT2D eigenvalue weighted by molar-refractivity contribution is 0.225. The number of nitriles is 3. The Morgan fingerprint density at radius 2 is 2.12 bits per heavy atom. The van der Waals surface area contributed by atoms with Crippen LogP contribution in [0.2, 0.25) is 0 Å². The van der Waals surface area contributed by atoms with Gasteiger partial charge in [-0.1, -0.05) is 13.0 Å². The summed E-state index contributed by atoms with van der Waals surface area (Å²) in [7, 11) is 0. The Labute approximate surface area is 151 Å². The molecule has 0 aromatic carbocycles. The van der Waals surface area contributed by atoms with Gasteiger partial charge in [0.05, 0.1) is 29.5 Å². The highest BCUT2D eigenvalue weighted by Crippen LogP contribution is 2.52. The zero-order valence-corrected chi connectivity index (χ0v) is 14.9. The smallest absolute Gasteiger partial charge is 0.204 e. The molecule has 1 aromatic heterocycles. The van der Waals surface area contributed by atoms with Gasteiger partial charge < -0.3 is 5.73 Å². The van der Waals surface area contributed by atoms with Gasteiger partial charge in [-0.05, 0) is 40.9 Å². The van der Waals surface area contributed by atoms with E-state index < -0.39 is 5.41 Å². The maximum Gasteiger partial charge on any atom is 0.204 e. The maximum absolute atomic E-state index is 9.80. The number of allylic oxidation sites excluding steroid dienone is 2. The Hall–Kier alpha value is -2.59. The van der Waals surface area contributed by atoms with Crippen LogP contribution in [-0.2, 0) is 0 Å². The van der Waals surface area contributed by atoms with Crippen molar-refractivity contribution in [3.8, 4) is 18.2 Å². The molecule has 2 aliphatic rings. The molecule has 2 atom stereocenters. The standard InChI is InChI=1S/C19H19N5S/c1-2-5-24-6-3-16-15(9-24)17(13-4-7-25-10-13)14(8-20)18(23)19(16,11-21)12-22/h3-4,7,10,15,17H,2,5-6,9,23H2,1H3/t15-,17+/m1/s1. The van der Waals surface area contributed by atoms with Crippen LogP contribution >= 0.6 is 11.3 Å². The summed E-state index contributed by atoms with van der Waals surface area (Å²) in [6, 6.07) is 8.44. The molecular formula is C19H19N5S. The number of nitrogens with zero attached hydrogens (tertiary/aromatic N) is 4. The zero-order chi connectivity index (χ0) is 18.0. The molecule has 0 saturated carbocycles. The van der Waals surface area contributed by atoms with Crippen LogP contribution in [0, 0.1) is 45.3 Å². The lowest BCUT2D eigenvalue weighted by atomic mass is 9.60. The third kappa shape index (κ3) is 2.53. The molecule has 6 heteroatoms. The van der Waals surface area contributed by atoms with Gasteiger partial charge in [-0.3, -0.25) is 4.90 Å². The van der Waals surface area contributed by atoms with E-state index in [2.05, 4.69) is 30.0 Å². The van der Waals surface area contributed by atoms with Crippen molar-refractivity contribution in [3.63, 3.8) is 0 Å². The monoisotopic (exact) mass is 349 g/mol. The van der Waals surface area contributed by atoms with E-state index in [9.17, 15) is 15.8 Å². The van der Waals surface area contributed by atoms with Gasteiger partial charge in [-0.15, -0.1) is 0 Å². The third-order valence-corrected chi connectivity index (χ3v) is 5.86. The Kier molecular flexibility index (Phi) is 4.64. The largest absolute Gasteiger partial charge is 0.399 e. The molecule has 2 heterocycles. The normalized spacial score (nSPS) is 25.3. The zero-order valence-electron chi connectivity index (χ0n) is 14.1. The maximum atomic E-state index is 9.80. The summed E-state index contributed by atoms with van der Waals surface area (Å²) in [5, 5.41) is 33.4. The highest BCUT2D eigenvalue weighted by molar-refractivity contribution is 7.08. The van der Waals surface area contributed by atoms with Crippen LogP contribution in [0.25, 0.3) is 0 Å². The minimum absolute atomic E-state index is 0.0869. The third-order valence-electron chi connectivity index (χ3n) is 5.16. The summed E-state index contributed by atoms with van der Waals surface area (Å²) < 4.78 is 0. The predicted molar refractivity (Wildman–Crippen MR) is 95.8 cm³/mol. The molecule has 126 valence electrons. The lowest BCUT2D eigenvalue weighted by Crippen LogP contribution is -2.47. The van der Waals surface area contributed by atoms with Gasteiger partial charge >= 0.3 is 0 Å². The summed E-state index contributed by atoms with van der Waals surface area (Å²) >= 11 is 1.57. The molecule has 25 heavy (non-hydrogen) atoms. The molecule has 2 N–H and O–H groups in total. The van der Waals surface area contributed by atoms with Crippen molar-refractivity contribution >= 4 is 11.3 Å². The van der Waals surface area contributed by atoms with Crippen molar-refractivity contribution in [2.24, 2.45) is 17.1 Å². The first-order valence-electron chi connectivity index (χ1n) is 8.30. The Morgan fingerprint density at radius 1 is 1.36 bits per heavy atom. The second kappa shape index (κ2) is 6.73. The summed E-state index contributed by atoms with van der Waals surface area (Å²) in [6.45, 7) is 4.51.